The summed E-state index contributed by atoms with van der Waals surface area (Å²) in [6, 6.07) is -0.698. The van der Waals surface area contributed by atoms with E-state index in [1.165, 1.54) is 11.9 Å². The summed E-state index contributed by atoms with van der Waals surface area (Å²) in [7, 11) is 1.46. The van der Waals surface area contributed by atoms with E-state index in [2.05, 4.69) is 0 Å². The largest absolute Gasteiger partial charge is 0.405 e. The molecule has 0 rings (SSSR count). The van der Waals surface area contributed by atoms with Crippen LogP contribution in [0.5, 0.6) is 0 Å². The molecule has 14 heavy (non-hydrogen) atoms. The molecule has 0 atom stereocenters. The zero-order chi connectivity index (χ0) is 11.4. The van der Waals surface area contributed by atoms with Crippen molar-refractivity contribution in [3.63, 3.8) is 0 Å². The van der Waals surface area contributed by atoms with Gasteiger partial charge in [-0.25, -0.2) is 4.79 Å². The van der Waals surface area contributed by atoms with Crippen LogP contribution in [0.3, 0.4) is 0 Å². The Balaban J connectivity index is 3.85. The first-order chi connectivity index (χ1) is 6.22. The van der Waals surface area contributed by atoms with Gasteiger partial charge in [-0.05, 0) is 5.92 Å². The molecule has 0 fully saturated rings. The van der Waals surface area contributed by atoms with Gasteiger partial charge in [-0.15, -0.1) is 0 Å². The molecule has 3 nitrogen and oxygen atoms in total. The molecule has 0 saturated carbocycles. The van der Waals surface area contributed by atoms with Crippen molar-refractivity contribution >= 4 is 6.03 Å². The average molecular weight is 212 g/mol. The predicted octanol–water partition coefficient (Wildman–Crippen LogP) is 1.85. The van der Waals surface area contributed by atoms with Gasteiger partial charge in [0.1, 0.15) is 6.54 Å². The van der Waals surface area contributed by atoms with Gasteiger partial charge in [0.25, 0.3) is 0 Å². The molecule has 1 N–H and O–H groups in total. The molecule has 0 aliphatic carbocycles. The van der Waals surface area contributed by atoms with Gasteiger partial charge >= 0.3 is 12.2 Å². The van der Waals surface area contributed by atoms with E-state index in [4.69, 9.17) is 0 Å². The number of carbonyl (C=O) groups is 1. The predicted molar refractivity (Wildman–Crippen MR) is 46.9 cm³/mol. The third-order valence-corrected chi connectivity index (χ3v) is 1.43. The Bertz CT molecular complexity index is 192. The maximum Gasteiger partial charge on any atom is 0.405 e. The van der Waals surface area contributed by atoms with E-state index in [1.807, 2.05) is 13.8 Å². The van der Waals surface area contributed by atoms with Crippen LogP contribution in [-0.2, 0) is 0 Å². The first-order valence-corrected chi connectivity index (χ1v) is 4.28. The second-order valence-corrected chi connectivity index (χ2v) is 3.55. The normalized spacial score (nSPS) is 11.6. The van der Waals surface area contributed by atoms with Gasteiger partial charge in [-0.2, -0.15) is 13.2 Å². The maximum absolute atomic E-state index is 11.7. The van der Waals surface area contributed by atoms with Gasteiger partial charge in [0.05, 0.1) is 0 Å². The van der Waals surface area contributed by atoms with E-state index < -0.39 is 18.8 Å². The van der Waals surface area contributed by atoms with Crippen LogP contribution >= 0.6 is 0 Å². The summed E-state index contributed by atoms with van der Waals surface area (Å²) in [4.78, 5) is 12.3. The summed E-state index contributed by atoms with van der Waals surface area (Å²) < 4.78 is 35.1. The highest BCUT2D eigenvalue weighted by Crippen LogP contribution is 2.12. The van der Waals surface area contributed by atoms with Gasteiger partial charge in [0.2, 0.25) is 0 Å². The Kier molecular flexibility index (Phi) is 4.73. The summed E-state index contributed by atoms with van der Waals surface area (Å²) >= 11 is 0. The van der Waals surface area contributed by atoms with E-state index >= 15 is 0 Å². The van der Waals surface area contributed by atoms with Gasteiger partial charge in [0, 0.05) is 13.6 Å². The minimum Gasteiger partial charge on any atom is -0.329 e. The van der Waals surface area contributed by atoms with Crippen molar-refractivity contribution in [1.29, 1.82) is 0 Å². The molecule has 6 heteroatoms. The number of urea groups is 1. The highest BCUT2D eigenvalue weighted by Gasteiger charge is 2.28. The lowest BCUT2D eigenvalue weighted by Gasteiger charge is -2.20. The van der Waals surface area contributed by atoms with E-state index in [1.54, 1.807) is 5.32 Å². The molecule has 2 amide bonds. The van der Waals surface area contributed by atoms with Crippen LogP contribution in [0.15, 0.2) is 0 Å². The third kappa shape index (κ3) is 6.56. The number of halogens is 3. The van der Waals surface area contributed by atoms with Gasteiger partial charge < -0.3 is 10.2 Å². The smallest absolute Gasteiger partial charge is 0.329 e. The quantitative estimate of drug-likeness (QED) is 0.760. The number of rotatable bonds is 3. The highest BCUT2D eigenvalue weighted by molar-refractivity contribution is 5.73. The minimum atomic E-state index is -4.35. The van der Waals surface area contributed by atoms with Crippen LogP contribution in [0, 0.1) is 5.92 Å². The minimum absolute atomic E-state index is 0.233. The SMILES string of the molecule is CC(C)CN(C)C(=O)NCC(F)(F)F. The van der Waals surface area contributed by atoms with Crippen molar-refractivity contribution in [1.82, 2.24) is 10.2 Å². The lowest BCUT2D eigenvalue weighted by atomic mass is 10.2. The van der Waals surface area contributed by atoms with Crippen molar-refractivity contribution in [2.24, 2.45) is 5.92 Å². The highest BCUT2D eigenvalue weighted by atomic mass is 19.4. The van der Waals surface area contributed by atoms with Gasteiger partial charge in [0.15, 0.2) is 0 Å². The monoisotopic (exact) mass is 212 g/mol. The summed E-state index contributed by atoms with van der Waals surface area (Å²) in [6.07, 6.45) is -4.35. The second-order valence-electron chi connectivity index (χ2n) is 3.55. The molecule has 0 spiro atoms. The lowest BCUT2D eigenvalue weighted by molar-refractivity contribution is -0.123. The van der Waals surface area contributed by atoms with Crippen LogP contribution in [0.25, 0.3) is 0 Å². The van der Waals surface area contributed by atoms with E-state index in [0.717, 1.165) is 0 Å². The number of nitrogens with zero attached hydrogens (tertiary/aromatic N) is 1. The fraction of sp³-hybridized carbons (Fsp3) is 0.875. The Hall–Kier alpha value is -0.940. The number of hydrogen-bond donors (Lipinski definition) is 1. The van der Waals surface area contributed by atoms with Crippen LogP contribution in [-0.4, -0.2) is 37.2 Å². The number of amides is 2. The van der Waals surface area contributed by atoms with Crippen LogP contribution < -0.4 is 5.32 Å². The Labute approximate surface area is 81.3 Å². The molecule has 0 saturated heterocycles. The number of carbonyl (C=O) groups excluding carboxylic acids is 1. The molecule has 84 valence electrons. The number of nitrogens with one attached hydrogen (secondary N) is 1. The molecular formula is C8H15F3N2O. The van der Waals surface area contributed by atoms with Crippen molar-refractivity contribution in [3.8, 4) is 0 Å². The van der Waals surface area contributed by atoms with E-state index in [-0.39, 0.29) is 5.92 Å². The topological polar surface area (TPSA) is 32.3 Å². The summed E-state index contributed by atoms with van der Waals surface area (Å²) in [6.45, 7) is 2.92. The van der Waals surface area contributed by atoms with Gasteiger partial charge in [-0.1, -0.05) is 13.8 Å². The van der Waals surface area contributed by atoms with Crippen molar-refractivity contribution < 1.29 is 18.0 Å². The van der Waals surface area contributed by atoms with Gasteiger partial charge in [-0.3, -0.25) is 0 Å². The summed E-state index contributed by atoms with van der Waals surface area (Å²) in [5.74, 6) is 0.233. The molecule has 0 unspecified atom stereocenters. The van der Waals surface area contributed by atoms with E-state index in [9.17, 15) is 18.0 Å². The molecule has 0 aromatic carbocycles. The lowest BCUT2D eigenvalue weighted by Crippen LogP contribution is -2.43. The van der Waals surface area contributed by atoms with Crippen LogP contribution in [0.1, 0.15) is 13.8 Å². The molecule has 0 radical (unpaired) electrons. The zero-order valence-corrected chi connectivity index (χ0v) is 8.48. The van der Waals surface area contributed by atoms with E-state index in [0.29, 0.717) is 6.54 Å². The molecule has 0 bridgehead atoms. The number of alkyl halides is 3. The Morgan fingerprint density at radius 3 is 2.29 bits per heavy atom. The fourth-order valence-corrected chi connectivity index (χ4v) is 0.941. The molecule has 0 aromatic rings. The molecule has 0 aliphatic heterocycles. The first kappa shape index (κ1) is 13.1. The third-order valence-electron chi connectivity index (χ3n) is 1.43. The fourth-order valence-electron chi connectivity index (χ4n) is 0.941. The standard InChI is InChI=1S/C8H15F3N2O/c1-6(2)4-13(3)7(14)12-5-8(9,10)11/h6H,4-5H2,1-3H3,(H,12,14). The number of hydrogen-bond acceptors (Lipinski definition) is 1. The Morgan fingerprint density at radius 1 is 1.43 bits per heavy atom. The van der Waals surface area contributed by atoms with Crippen LogP contribution in [0.2, 0.25) is 0 Å². The summed E-state index contributed by atoms with van der Waals surface area (Å²) in [5, 5.41) is 1.79. The average Bonchev–Trinajstić information content (AvgIpc) is 1.97. The maximum atomic E-state index is 11.7. The molecule has 0 heterocycles. The second kappa shape index (κ2) is 5.07. The molecule has 0 aliphatic rings. The molecular weight excluding hydrogens is 197 g/mol. The molecule has 0 aromatic heterocycles. The van der Waals surface area contributed by atoms with Crippen molar-refractivity contribution in [3.05, 3.63) is 0 Å². The van der Waals surface area contributed by atoms with Crippen molar-refractivity contribution in [2.75, 3.05) is 20.1 Å². The van der Waals surface area contributed by atoms with Crippen LogP contribution in [0.4, 0.5) is 18.0 Å². The first-order valence-electron chi connectivity index (χ1n) is 4.28. The van der Waals surface area contributed by atoms with Crippen molar-refractivity contribution in [2.45, 2.75) is 20.0 Å². The Morgan fingerprint density at radius 2 is 1.93 bits per heavy atom. The zero-order valence-electron chi connectivity index (χ0n) is 8.48. The summed E-state index contributed by atoms with van der Waals surface area (Å²) in [5.41, 5.74) is 0.